The Balaban J connectivity index is 1.35. The third kappa shape index (κ3) is 4.56. The van der Waals surface area contributed by atoms with Crippen LogP contribution in [0.2, 0.25) is 0 Å². The van der Waals surface area contributed by atoms with Gasteiger partial charge in [0.05, 0.1) is 31.1 Å². The minimum atomic E-state index is -3.37. The van der Waals surface area contributed by atoms with Crippen LogP contribution in [0.4, 0.5) is 0 Å². The zero-order valence-electron chi connectivity index (χ0n) is 16.2. The molecule has 0 unspecified atom stereocenters. The number of nitrogens with one attached hydrogen (secondary N) is 1. The van der Waals surface area contributed by atoms with Gasteiger partial charge in [0.25, 0.3) is 0 Å². The van der Waals surface area contributed by atoms with E-state index in [0.717, 1.165) is 39.1 Å². The average molecular weight is 394 g/mol. The monoisotopic (exact) mass is 393 g/mol. The summed E-state index contributed by atoms with van der Waals surface area (Å²) in [6.07, 6.45) is 9.09. The Hall–Kier alpha value is -0.950. The van der Waals surface area contributed by atoms with Crippen LogP contribution in [0.15, 0.2) is 29.2 Å². The third-order valence-electron chi connectivity index (χ3n) is 6.56. The van der Waals surface area contributed by atoms with Gasteiger partial charge >= 0.3 is 0 Å². The van der Waals surface area contributed by atoms with E-state index in [1.807, 2.05) is 24.3 Å². The molecule has 3 aliphatic rings. The number of benzene rings is 1. The van der Waals surface area contributed by atoms with Crippen LogP contribution in [0.3, 0.4) is 0 Å². The van der Waals surface area contributed by atoms with Crippen molar-refractivity contribution in [1.29, 1.82) is 0 Å². The fourth-order valence-corrected chi connectivity index (χ4v) is 6.31. The molecule has 6 heteroatoms. The lowest BCUT2D eigenvalue weighted by atomic mass is 9.84. The van der Waals surface area contributed by atoms with Crippen molar-refractivity contribution < 1.29 is 18.1 Å². The number of hydrogen-bond donors (Lipinski definition) is 1. The lowest BCUT2D eigenvalue weighted by molar-refractivity contribution is -0.906. The molecule has 1 aromatic carbocycles. The second kappa shape index (κ2) is 8.60. The van der Waals surface area contributed by atoms with Gasteiger partial charge in [0, 0.05) is 6.61 Å². The minimum Gasteiger partial charge on any atom is -0.372 e. The normalized spacial score (nSPS) is 26.4. The van der Waals surface area contributed by atoms with Crippen molar-refractivity contribution in [3.05, 3.63) is 29.8 Å². The van der Waals surface area contributed by atoms with Crippen molar-refractivity contribution in [2.24, 2.45) is 0 Å². The van der Waals surface area contributed by atoms with Gasteiger partial charge in [-0.05, 0) is 49.3 Å². The highest BCUT2D eigenvalue weighted by atomic mass is 32.2. The molecule has 2 aliphatic heterocycles. The molecular formula is C21H33N2O3S+. The van der Waals surface area contributed by atoms with Crippen LogP contribution in [0.1, 0.15) is 56.4 Å². The number of ether oxygens (including phenoxy) is 1. The largest absolute Gasteiger partial charge is 0.372 e. The Labute approximate surface area is 163 Å². The van der Waals surface area contributed by atoms with Gasteiger partial charge in [-0.2, -0.15) is 4.31 Å². The second-order valence-corrected chi connectivity index (χ2v) is 10.3. The fourth-order valence-electron chi connectivity index (χ4n) is 4.87. The molecule has 4 rings (SSSR count). The van der Waals surface area contributed by atoms with Crippen molar-refractivity contribution in [2.75, 3.05) is 39.3 Å². The van der Waals surface area contributed by atoms with Crippen molar-refractivity contribution in [1.82, 2.24) is 4.31 Å². The van der Waals surface area contributed by atoms with Crippen molar-refractivity contribution in [3.63, 3.8) is 0 Å². The highest BCUT2D eigenvalue weighted by Crippen LogP contribution is 2.33. The summed E-state index contributed by atoms with van der Waals surface area (Å²) >= 11 is 0. The lowest BCUT2D eigenvalue weighted by Crippen LogP contribution is -3.15. The maximum Gasteiger partial charge on any atom is 0.243 e. The first kappa shape index (κ1) is 19.4. The van der Waals surface area contributed by atoms with Crippen molar-refractivity contribution >= 4 is 10.0 Å². The predicted octanol–water partition coefficient (Wildman–Crippen LogP) is 1.80. The van der Waals surface area contributed by atoms with E-state index in [0.29, 0.717) is 30.0 Å². The van der Waals surface area contributed by atoms with Gasteiger partial charge in [-0.1, -0.05) is 31.4 Å². The van der Waals surface area contributed by atoms with E-state index in [-0.39, 0.29) is 0 Å². The first-order valence-corrected chi connectivity index (χ1v) is 12.1. The summed E-state index contributed by atoms with van der Waals surface area (Å²) in [6, 6.07) is 7.74. The van der Waals surface area contributed by atoms with Gasteiger partial charge in [0.2, 0.25) is 10.0 Å². The first-order valence-electron chi connectivity index (χ1n) is 10.7. The molecule has 0 aromatic heterocycles. The van der Waals surface area contributed by atoms with Gasteiger partial charge < -0.3 is 9.64 Å². The van der Waals surface area contributed by atoms with Gasteiger partial charge in [-0.25, -0.2) is 8.42 Å². The fraction of sp³-hybridized carbons (Fsp3) is 0.714. The smallest absolute Gasteiger partial charge is 0.243 e. The molecular weight excluding hydrogens is 360 g/mol. The molecule has 0 amide bonds. The van der Waals surface area contributed by atoms with Crippen LogP contribution in [0.25, 0.3) is 0 Å². The van der Waals surface area contributed by atoms with Gasteiger partial charge in [0.1, 0.15) is 12.6 Å². The maximum atomic E-state index is 13.0. The summed E-state index contributed by atoms with van der Waals surface area (Å²) in [5, 5.41) is 0. The number of sulfonamides is 1. The van der Waals surface area contributed by atoms with Crippen LogP contribution >= 0.6 is 0 Å². The summed E-state index contributed by atoms with van der Waals surface area (Å²) in [6.45, 7) is 4.86. The van der Waals surface area contributed by atoms with Gasteiger partial charge in [0.15, 0.2) is 0 Å². The van der Waals surface area contributed by atoms with Crippen LogP contribution in [-0.4, -0.2) is 58.2 Å². The molecule has 1 N–H and O–H groups in total. The second-order valence-electron chi connectivity index (χ2n) is 8.40. The van der Waals surface area contributed by atoms with E-state index >= 15 is 0 Å². The summed E-state index contributed by atoms with van der Waals surface area (Å²) in [5.41, 5.74) is 1.31. The quantitative estimate of drug-likeness (QED) is 0.830. The minimum absolute atomic E-state index is 0.371. The van der Waals surface area contributed by atoms with Crippen molar-refractivity contribution in [2.45, 2.75) is 61.9 Å². The molecule has 0 radical (unpaired) electrons. The van der Waals surface area contributed by atoms with Crippen LogP contribution in [0.5, 0.6) is 0 Å². The Morgan fingerprint density at radius 3 is 2.30 bits per heavy atom. The molecule has 2 heterocycles. The number of nitrogens with zero attached hydrogens (tertiary/aromatic N) is 1. The van der Waals surface area contributed by atoms with E-state index in [4.69, 9.17) is 4.74 Å². The molecule has 3 fully saturated rings. The van der Waals surface area contributed by atoms with Gasteiger partial charge in [-0.15, -0.1) is 0 Å². The SMILES string of the molecule is O=S(=O)(c1ccc(C2CCCCC2)cc1)N1CC[NH+](C[C@@H]2CCCO2)CC1. The number of piperazine rings is 1. The van der Waals surface area contributed by atoms with E-state index in [1.165, 1.54) is 42.6 Å². The lowest BCUT2D eigenvalue weighted by Gasteiger charge is -2.32. The molecule has 1 atom stereocenters. The van der Waals surface area contributed by atoms with Crippen LogP contribution in [-0.2, 0) is 14.8 Å². The van der Waals surface area contributed by atoms with Crippen LogP contribution in [0, 0.1) is 0 Å². The van der Waals surface area contributed by atoms with E-state index in [1.54, 1.807) is 4.31 Å². The van der Waals surface area contributed by atoms with E-state index in [2.05, 4.69) is 0 Å². The molecule has 1 aromatic rings. The Morgan fingerprint density at radius 1 is 0.963 bits per heavy atom. The Morgan fingerprint density at radius 2 is 1.67 bits per heavy atom. The van der Waals surface area contributed by atoms with E-state index < -0.39 is 10.0 Å². The average Bonchev–Trinajstić information content (AvgIpc) is 3.22. The molecule has 27 heavy (non-hydrogen) atoms. The maximum absolute atomic E-state index is 13.0. The standard InChI is InChI=1S/C21H32N2O3S/c24-27(25,21-10-8-19(9-11-21)18-5-2-1-3-6-18)23-14-12-22(13-15-23)17-20-7-4-16-26-20/h8-11,18,20H,1-7,12-17H2/p+1/t20-/m0/s1. The molecule has 0 bridgehead atoms. The zero-order valence-corrected chi connectivity index (χ0v) is 17.1. The molecule has 1 saturated carbocycles. The summed E-state index contributed by atoms with van der Waals surface area (Å²) in [7, 11) is -3.37. The molecule has 2 saturated heterocycles. The highest BCUT2D eigenvalue weighted by molar-refractivity contribution is 7.89. The highest BCUT2D eigenvalue weighted by Gasteiger charge is 2.32. The predicted molar refractivity (Wildman–Crippen MR) is 106 cm³/mol. The number of rotatable bonds is 5. The Kier molecular flexibility index (Phi) is 6.17. The molecule has 150 valence electrons. The zero-order chi connectivity index (χ0) is 18.7. The molecule has 1 aliphatic carbocycles. The summed E-state index contributed by atoms with van der Waals surface area (Å²) in [4.78, 5) is 1.92. The Bertz CT molecular complexity index is 699. The number of quaternary nitrogens is 1. The first-order chi connectivity index (χ1) is 13.1. The third-order valence-corrected chi connectivity index (χ3v) is 8.48. The van der Waals surface area contributed by atoms with Crippen molar-refractivity contribution in [3.8, 4) is 0 Å². The van der Waals surface area contributed by atoms with Gasteiger partial charge in [-0.3, -0.25) is 0 Å². The summed E-state index contributed by atoms with van der Waals surface area (Å²) in [5.74, 6) is 0.612. The molecule has 5 nitrogen and oxygen atoms in total. The topological polar surface area (TPSA) is 51.0 Å². The summed E-state index contributed by atoms with van der Waals surface area (Å²) < 4.78 is 33.4. The molecule has 0 spiro atoms. The van der Waals surface area contributed by atoms with E-state index in [9.17, 15) is 8.42 Å². The van der Waals surface area contributed by atoms with Crippen LogP contribution < -0.4 is 4.90 Å². The number of hydrogen-bond acceptors (Lipinski definition) is 3.